The molecule has 0 unspecified atom stereocenters. The molecular formula is C48H58Cl2O2SiZr. The molecule has 0 spiro atoms. The monoisotopic (exact) mass is 854 g/mol. The van der Waals surface area contributed by atoms with Crippen LogP contribution in [0, 0.1) is 11.8 Å². The topological polar surface area (TPSA) is 18.5 Å². The van der Waals surface area contributed by atoms with E-state index in [0.29, 0.717) is 11.8 Å². The smallest absolute Gasteiger partial charge is 0 e. The van der Waals surface area contributed by atoms with E-state index in [1.165, 1.54) is 66.1 Å². The molecule has 54 heavy (non-hydrogen) atoms. The van der Waals surface area contributed by atoms with Crippen molar-refractivity contribution in [3.63, 3.8) is 0 Å². The molecule has 0 aliphatic heterocycles. The van der Waals surface area contributed by atoms with E-state index < -0.39 is 20.8 Å². The van der Waals surface area contributed by atoms with Crippen LogP contribution in [0.4, 0.5) is 0 Å². The first kappa shape index (κ1) is 45.8. The summed E-state index contributed by atoms with van der Waals surface area (Å²) in [7, 11) is 13.5. The van der Waals surface area contributed by atoms with Gasteiger partial charge < -0.3 is 9.47 Å². The van der Waals surface area contributed by atoms with Gasteiger partial charge in [-0.3, -0.25) is 0 Å². The minimum atomic E-state index is -0.826. The van der Waals surface area contributed by atoms with E-state index >= 15 is 0 Å². The number of ether oxygens (including phenoxy) is 2. The average molecular weight is 857 g/mol. The molecule has 0 aliphatic carbocycles. The number of benzene rings is 4. The Kier molecular flexibility index (Phi) is 16.9. The van der Waals surface area contributed by atoms with Gasteiger partial charge in [0.1, 0.15) is 11.5 Å². The first-order valence-electron chi connectivity index (χ1n) is 18.7. The molecule has 0 atom stereocenters. The molecule has 0 heterocycles. The normalized spacial score (nSPS) is 11.4. The van der Waals surface area contributed by atoms with Crippen molar-refractivity contribution in [3.05, 3.63) is 119 Å². The zero-order valence-electron chi connectivity index (χ0n) is 34.4. The zero-order chi connectivity index (χ0) is 39.1. The first-order chi connectivity index (χ1) is 25.0. The standard InChI is InChI=1S/2C24H29O.2ClH.Si.Zr/c2*1-16(2)12-17-13-19-15-21(24(3,4)5)23(25-6)22(20(19)14-17)18-10-8-7-9-11-18;;;;/h2*7-11,13-16H,12H2,1-6H3;2*1H;;/q2*-1;;;;+4/p-2. The van der Waals surface area contributed by atoms with E-state index in [1.54, 1.807) is 14.2 Å². The zero-order valence-corrected chi connectivity index (χ0v) is 39.3. The molecule has 0 aromatic heterocycles. The Morgan fingerprint density at radius 1 is 0.574 bits per heavy atom. The van der Waals surface area contributed by atoms with Crippen LogP contribution in [0.5, 0.6) is 11.5 Å². The van der Waals surface area contributed by atoms with Crippen molar-refractivity contribution < 1.29 is 30.3 Å². The molecule has 6 heteroatoms. The quantitative estimate of drug-likeness (QED) is 0.112. The van der Waals surface area contributed by atoms with Gasteiger partial charge in [-0.2, -0.15) is 12.1 Å². The Hall–Kier alpha value is -2.62. The number of halogens is 2. The van der Waals surface area contributed by atoms with Crippen LogP contribution in [-0.4, -0.2) is 25.2 Å². The predicted octanol–water partition coefficient (Wildman–Crippen LogP) is 14.5. The van der Waals surface area contributed by atoms with Crippen LogP contribution in [0.25, 0.3) is 43.8 Å². The maximum Gasteiger partial charge on any atom is 0 e. The number of hydrogen-bond acceptors (Lipinski definition) is 2. The number of methoxy groups -OCH3 is 2. The minimum Gasteiger partial charge on any atom is 0 e. The Balaban J connectivity index is 0.000000266. The van der Waals surface area contributed by atoms with Crippen LogP contribution >= 0.6 is 17.0 Å². The van der Waals surface area contributed by atoms with Gasteiger partial charge >= 0.3 is 37.9 Å². The van der Waals surface area contributed by atoms with Crippen molar-refractivity contribution >= 4 is 49.5 Å². The van der Waals surface area contributed by atoms with Gasteiger partial charge in [0.25, 0.3) is 0 Å². The third kappa shape index (κ3) is 11.2. The molecule has 0 N–H and O–H groups in total. The van der Waals surface area contributed by atoms with Crippen molar-refractivity contribution in [1.82, 2.24) is 0 Å². The Labute approximate surface area is 349 Å². The number of fused-ring (bicyclic) bond motifs is 2. The van der Waals surface area contributed by atoms with Crippen molar-refractivity contribution in [2.75, 3.05) is 14.2 Å². The molecule has 0 amide bonds. The fraction of sp³-hybridized carbons (Fsp3) is 0.375. The fourth-order valence-corrected chi connectivity index (χ4v) is 7.30. The fourth-order valence-electron chi connectivity index (χ4n) is 7.30. The number of hydrogen-bond donors (Lipinski definition) is 0. The van der Waals surface area contributed by atoms with Gasteiger partial charge in [-0.15, -0.1) is 56.9 Å². The molecule has 6 aromatic rings. The third-order valence-electron chi connectivity index (χ3n) is 9.48. The number of rotatable bonds is 8. The van der Waals surface area contributed by atoms with E-state index in [4.69, 9.17) is 26.5 Å². The average Bonchev–Trinajstić information content (AvgIpc) is 3.69. The molecule has 0 saturated carbocycles. The Morgan fingerprint density at radius 3 is 1.15 bits per heavy atom. The molecule has 6 aromatic carbocycles. The van der Waals surface area contributed by atoms with Gasteiger partial charge in [0, 0.05) is 11.0 Å². The SMILES string of the molecule is COc1c(C(C)(C)C)cc2[cH-]c(CC(C)C)cc2c1-c1ccccc1.COc1c(C(C)(C)C)cc2[cH-]c(CC(C)C)cc2c1-c1ccccc1.[Cl][Zr+2][Cl].[Si]. The van der Waals surface area contributed by atoms with Crippen LogP contribution in [0.2, 0.25) is 0 Å². The summed E-state index contributed by atoms with van der Waals surface area (Å²) in [4.78, 5) is 0. The molecule has 6 rings (SSSR count). The predicted molar refractivity (Wildman–Crippen MR) is 235 cm³/mol. The van der Waals surface area contributed by atoms with Crippen molar-refractivity contribution in [2.24, 2.45) is 11.8 Å². The summed E-state index contributed by atoms with van der Waals surface area (Å²) in [6.07, 6.45) is 2.21. The molecule has 0 bridgehead atoms. The molecule has 0 fully saturated rings. The molecule has 284 valence electrons. The second-order valence-electron chi connectivity index (χ2n) is 16.9. The Bertz CT molecular complexity index is 1910. The second kappa shape index (κ2) is 20.0. The van der Waals surface area contributed by atoms with Gasteiger partial charge in [0.15, 0.2) is 0 Å². The molecular weight excluding hydrogens is 799 g/mol. The summed E-state index contributed by atoms with van der Waals surface area (Å²) in [5, 5.41) is 5.24. The van der Waals surface area contributed by atoms with Crippen molar-refractivity contribution in [1.29, 1.82) is 0 Å². The summed E-state index contributed by atoms with van der Waals surface area (Å²) in [6.45, 7) is 22.6. The summed E-state index contributed by atoms with van der Waals surface area (Å²) in [5.74, 6) is 3.32. The first-order valence-corrected chi connectivity index (χ1v) is 25.1. The molecule has 4 radical (unpaired) electrons. The third-order valence-corrected chi connectivity index (χ3v) is 9.48. The van der Waals surface area contributed by atoms with Crippen LogP contribution < -0.4 is 9.47 Å². The van der Waals surface area contributed by atoms with Crippen LogP contribution in [-0.2, 0) is 44.5 Å². The largest absolute Gasteiger partial charge is 0 e. The van der Waals surface area contributed by atoms with E-state index in [1.807, 2.05) is 0 Å². The summed E-state index contributed by atoms with van der Waals surface area (Å²) in [6, 6.07) is 35.3. The van der Waals surface area contributed by atoms with E-state index in [9.17, 15) is 0 Å². The summed E-state index contributed by atoms with van der Waals surface area (Å²) in [5.41, 5.74) is 10.3. The van der Waals surface area contributed by atoms with Crippen LogP contribution in [0.3, 0.4) is 0 Å². The second-order valence-corrected chi connectivity index (χ2v) is 20.6. The van der Waals surface area contributed by atoms with Crippen LogP contribution in [0.15, 0.2) is 97.1 Å². The van der Waals surface area contributed by atoms with E-state index in [-0.39, 0.29) is 21.8 Å². The molecule has 0 aliphatic rings. The van der Waals surface area contributed by atoms with E-state index in [2.05, 4.69) is 166 Å². The van der Waals surface area contributed by atoms with Gasteiger partial charge in [-0.25, -0.2) is 0 Å². The maximum atomic E-state index is 5.96. The van der Waals surface area contributed by atoms with Gasteiger partial charge in [0.05, 0.1) is 14.2 Å². The molecule has 2 nitrogen and oxygen atoms in total. The summed E-state index contributed by atoms with van der Waals surface area (Å²) >= 11 is -0.826. The minimum absolute atomic E-state index is 0. The van der Waals surface area contributed by atoms with Crippen molar-refractivity contribution in [2.45, 2.75) is 92.9 Å². The van der Waals surface area contributed by atoms with Crippen molar-refractivity contribution in [3.8, 4) is 33.8 Å². The van der Waals surface area contributed by atoms with Gasteiger partial charge in [-0.1, -0.05) is 130 Å². The Morgan fingerprint density at radius 2 is 0.889 bits per heavy atom. The molecule has 0 saturated heterocycles. The van der Waals surface area contributed by atoms with Crippen LogP contribution in [0.1, 0.15) is 91.5 Å². The van der Waals surface area contributed by atoms with E-state index in [0.717, 1.165) is 24.3 Å². The van der Waals surface area contributed by atoms with Gasteiger partial charge in [-0.05, 0) is 68.9 Å². The van der Waals surface area contributed by atoms with Gasteiger partial charge in [0.2, 0.25) is 0 Å². The maximum absolute atomic E-state index is 5.96. The summed E-state index contributed by atoms with van der Waals surface area (Å²) < 4.78 is 11.9.